The third-order valence-electron chi connectivity index (χ3n) is 9.64. The van der Waals surface area contributed by atoms with Gasteiger partial charge in [0.05, 0.1) is 52.0 Å². The molecule has 0 radical (unpaired) electrons. The van der Waals surface area contributed by atoms with Crippen LogP contribution in [-0.2, 0) is 11.3 Å². The molecule has 0 saturated carbocycles. The maximum atomic E-state index is 14.5. The molecule has 1 fully saturated rings. The molecular weight excluding hydrogens is 662 g/mol. The number of imide groups is 1. The lowest BCUT2D eigenvalue weighted by atomic mass is 9.96. The lowest BCUT2D eigenvalue weighted by molar-refractivity contribution is -0.298. The lowest BCUT2D eigenvalue weighted by Gasteiger charge is -2.39. The zero-order chi connectivity index (χ0) is 35.3. The molecule has 15 nitrogen and oxygen atoms in total. The average Bonchev–Trinajstić information content (AvgIpc) is 3.73. The monoisotopic (exact) mass is 691 g/mol. The Hall–Kier alpha value is -5.81. The quantitative estimate of drug-likeness (QED) is 0.117. The van der Waals surface area contributed by atoms with Crippen molar-refractivity contribution in [1.29, 1.82) is 0 Å². The topological polar surface area (TPSA) is 223 Å². The van der Waals surface area contributed by atoms with Crippen LogP contribution < -0.4 is 10.3 Å². The number of ether oxygens (including phenoxy) is 1. The van der Waals surface area contributed by atoms with E-state index in [-0.39, 0.29) is 45.6 Å². The molecule has 9 rings (SSSR count). The van der Waals surface area contributed by atoms with Crippen molar-refractivity contribution in [3.05, 3.63) is 89.6 Å². The van der Waals surface area contributed by atoms with Crippen molar-refractivity contribution in [3.8, 4) is 11.5 Å². The number of hydrogen-bond donors (Lipinski definition) is 8. The number of H-pyrrole nitrogens is 1. The number of para-hydroxylation sites is 1. The first-order chi connectivity index (χ1) is 24.6. The molecule has 5 heterocycles. The molecule has 2 aliphatic rings. The van der Waals surface area contributed by atoms with E-state index in [0.717, 1.165) is 15.9 Å². The highest BCUT2D eigenvalue weighted by Crippen LogP contribution is 2.45. The predicted molar refractivity (Wildman–Crippen MR) is 182 cm³/mol. The Balaban J connectivity index is 1.26. The summed E-state index contributed by atoms with van der Waals surface area (Å²) in [6.07, 6.45) is -8.12. The van der Waals surface area contributed by atoms with Crippen LogP contribution in [0.1, 0.15) is 26.4 Å². The number of aromatic hydroxyl groups is 2. The summed E-state index contributed by atoms with van der Waals surface area (Å²) in [6.45, 7) is -0.656. The van der Waals surface area contributed by atoms with Gasteiger partial charge in [-0.3, -0.25) is 14.6 Å². The fourth-order valence-electron chi connectivity index (χ4n) is 7.22. The molecule has 258 valence electrons. The van der Waals surface area contributed by atoms with Crippen LogP contribution in [-0.4, -0.2) is 99.5 Å². The number of rotatable bonds is 6. The standard InChI is InChI=1S/C36H29N5O10/c42-14-24-31(45)32(46)33(47)36(50-24)51-41-23-12-18(44)8-10-20(23)26-28-27(25-19-9-7-17(43)11-22(19)39-29(25)30(26)41)34(48)40(35(28)49)37-13-16-6-5-15-3-1-2-4-21(15)38-16/h1-12,24,31-33,36-37,39,42-47H,13-14H2/t24-,31-,32+,33-,36+/m1/s1. The number of carbonyl (C=O) groups is 2. The molecule has 15 heteroatoms. The van der Waals surface area contributed by atoms with Crippen LogP contribution in [0.4, 0.5) is 0 Å². The van der Waals surface area contributed by atoms with Crippen LogP contribution in [0.2, 0.25) is 0 Å². The summed E-state index contributed by atoms with van der Waals surface area (Å²) >= 11 is 0. The van der Waals surface area contributed by atoms with Gasteiger partial charge in [-0.05, 0) is 36.4 Å². The third-order valence-corrected chi connectivity index (χ3v) is 9.64. The molecule has 4 aromatic carbocycles. The van der Waals surface area contributed by atoms with Crippen LogP contribution in [0.3, 0.4) is 0 Å². The zero-order valence-electron chi connectivity index (χ0n) is 26.4. The number of carbonyl (C=O) groups excluding carboxylic acids is 2. The molecule has 8 N–H and O–H groups in total. The number of aromatic nitrogens is 3. The van der Waals surface area contributed by atoms with Gasteiger partial charge in [0.25, 0.3) is 18.1 Å². The first-order valence-electron chi connectivity index (χ1n) is 16.1. The number of pyridine rings is 1. The van der Waals surface area contributed by atoms with E-state index in [0.29, 0.717) is 32.9 Å². The summed E-state index contributed by atoms with van der Waals surface area (Å²) < 4.78 is 6.87. The molecule has 0 spiro atoms. The van der Waals surface area contributed by atoms with Gasteiger partial charge in [0.2, 0.25) is 0 Å². The minimum atomic E-state index is -1.79. The summed E-state index contributed by atoms with van der Waals surface area (Å²) in [5.74, 6) is -1.53. The summed E-state index contributed by atoms with van der Waals surface area (Å²) in [4.78, 5) is 42.9. The molecular formula is C36H29N5O10. The van der Waals surface area contributed by atoms with Crippen molar-refractivity contribution in [1.82, 2.24) is 25.1 Å². The SMILES string of the molecule is O=C1c2c(c3c4ccc(O)cc4n(O[C@@H]4O[C@H](CO)[C@@H](O)[C@H](O)[C@H]4O)c3c3[nH]c4cc(O)ccc4c23)C(=O)N1NCc1ccc2ccccc2n1. The first kappa shape index (κ1) is 31.2. The summed E-state index contributed by atoms with van der Waals surface area (Å²) in [5, 5.41) is 65.9. The highest BCUT2D eigenvalue weighted by Gasteiger charge is 2.46. The Labute approximate surface area is 286 Å². The number of nitrogens with one attached hydrogen (secondary N) is 2. The number of benzene rings is 4. The Bertz CT molecular complexity index is 2600. The van der Waals surface area contributed by atoms with Gasteiger partial charge in [-0.15, -0.1) is 0 Å². The second-order valence-corrected chi connectivity index (χ2v) is 12.7. The number of hydrazine groups is 1. The van der Waals surface area contributed by atoms with Gasteiger partial charge in [-0.1, -0.05) is 24.3 Å². The Kier molecular flexibility index (Phi) is 6.95. The van der Waals surface area contributed by atoms with Crippen molar-refractivity contribution in [2.45, 2.75) is 37.3 Å². The lowest BCUT2D eigenvalue weighted by Crippen LogP contribution is -2.61. The molecule has 0 bridgehead atoms. The molecule has 0 unspecified atom stereocenters. The molecule has 1 saturated heterocycles. The normalized spacial score (nSPS) is 22.3. The van der Waals surface area contributed by atoms with Crippen molar-refractivity contribution < 1.29 is 49.8 Å². The van der Waals surface area contributed by atoms with E-state index in [1.807, 2.05) is 30.3 Å². The van der Waals surface area contributed by atoms with Gasteiger partial charge in [0.15, 0.2) is 0 Å². The van der Waals surface area contributed by atoms with E-state index < -0.39 is 49.1 Å². The van der Waals surface area contributed by atoms with Crippen molar-refractivity contribution >= 4 is 66.3 Å². The Morgan fingerprint density at radius 1 is 0.843 bits per heavy atom. The van der Waals surface area contributed by atoms with E-state index in [9.17, 15) is 40.2 Å². The van der Waals surface area contributed by atoms with Crippen molar-refractivity contribution in [2.24, 2.45) is 0 Å². The third kappa shape index (κ3) is 4.57. The van der Waals surface area contributed by atoms with E-state index in [1.165, 1.54) is 29.0 Å². The number of phenols is 2. The van der Waals surface area contributed by atoms with Gasteiger partial charge >= 0.3 is 0 Å². The summed E-state index contributed by atoms with van der Waals surface area (Å²) in [7, 11) is 0. The maximum absolute atomic E-state index is 14.5. The predicted octanol–water partition coefficient (Wildman–Crippen LogP) is 1.92. The second-order valence-electron chi connectivity index (χ2n) is 12.7. The summed E-state index contributed by atoms with van der Waals surface area (Å²) in [6, 6.07) is 20.1. The number of amides is 2. The number of phenolic OH excluding ortho intramolecular Hbond substituents is 2. The van der Waals surface area contributed by atoms with E-state index in [4.69, 9.17) is 9.57 Å². The molecule has 0 aliphatic carbocycles. The second kappa shape index (κ2) is 11.4. The number of aliphatic hydroxyl groups is 4. The van der Waals surface area contributed by atoms with Gasteiger partial charge < -0.3 is 45.2 Å². The van der Waals surface area contributed by atoms with Crippen molar-refractivity contribution in [3.63, 3.8) is 0 Å². The van der Waals surface area contributed by atoms with Crippen molar-refractivity contribution in [2.75, 3.05) is 6.61 Å². The highest BCUT2D eigenvalue weighted by atomic mass is 16.8. The maximum Gasteiger partial charge on any atom is 0.276 e. The van der Waals surface area contributed by atoms with Gasteiger partial charge in [-0.25, -0.2) is 10.4 Å². The Morgan fingerprint density at radius 2 is 1.57 bits per heavy atom. The van der Waals surface area contributed by atoms with E-state index >= 15 is 0 Å². The highest BCUT2D eigenvalue weighted by molar-refractivity contribution is 6.39. The van der Waals surface area contributed by atoms with Gasteiger partial charge in [0, 0.05) is 39.1 Å². The number of fused-ring (bicyclic) bond motifs is 11. The molecule has 5 atom stereocenters. The van der Waals surface area contributed by atoms with Gasteiger partial charge in [-0.2, -0.15) is 4.73 Å². The van der Waals surface area contributed by atoms with E-state index in [1.54, 1.807) is 18.2 Å². The molecule has 7 aromatic rings. The number of aromatic amines is 1. The minimum absolute atomic E-state index is 0.0299. The molecule has 51 heavy (non-hydrogen) atoms. The molecule has 2 amide bonds. The minimum Gasteiger partial charge on any atom is -0.508 e. The molecule has 3 aromatic heterocycles. The fourth-order valence-corrected chi connectivity index (χ4v) is 7.22. The largest absolute Gasteiger partial charge is 0.508 e. The molecule has 2 aliphatic heterocycles. The van der Waals surface area contributed by atoms with E-state index in [2.05, 4.69) is 15.4 Å². The number of aliphatic hydroxyl groups excluding tert-OH is 4. The van der Waals surface area contributed by atoms with Gasteiger partial charge in [0.1, 0.15) is 41.4 Å². The number of hydrogen-bond acceptors (Lipinski definition) is 12. The van der Waals surface area contributed by atoms with Crippen LogP contribution in [0.15, 0.2) is 72.8 Å². The van der Waals surface area contributed by atoms with Crippen LogP contribution in [0, 0.1) is 0 Å². The summed E-state index contributed by atoms with van der Waals surface area (Å²) in [5.41, 5.74) is 5.55. The van der Waals surface area contributed by atoms with Crippen LogP contribution in [0.5, 0.6) is 11.5 Å². The zero-order valence-corrected chi connectivity index (χ0v) is 26.4. The van der Waals surface area contributed by atoms with Crippen LogP contribution >= 0.6 is 0 Å². The first-order valence-corrected chi connectivity index (χ1v) is 16.1. The number of nitrogens with zero attached hydrogens (tertiary/aromatic N) is 3. The average molecular weight is 692 g/mol. The fraction of sp³-hybridized carbons (Fsp3) is 0.194. The Morgan fingerprint density at radius 3 is 2.35 bits per heavy atom. The smallest absolute Gasteiger partial charge is 0.276 e. The van der Waals surface area contributed by atoms with Crippen LogP contribution in [0.25, 0.3) is 54.5 Å².